The Bertz CT molecular complexity index is 290. The van der Waals surface area contributed by atoms with E-state index in [1.54, 1.807) is 0 Å². The van der Waals surface area contributed by atoms with E-state index in [0.29, 0.717) is 6.04 Å². The van der Waals surface area contributed by atoms with Crippen molar-refractivity contribution in [2.45, 2.75) is 26.4 Å². The largest absolute Gasteiger partial charge is 0.308 e. The summed E-state index contributed by atoms with van der Waals surface area (Å²) in [6.07, 6.45) is 0. The molecule has 0 saturated heterocycles. The molecular formula is C11H19BrN2S. The van der Waals surface area contributed by atoms with Gasteiger partial charge in [-0.15, -0.1) is 11.3 Å². The first-order valence-corrected chi connectivity index (χ1v) is 6.73. The zero-order chi connectivity index (χ0) is 11.4. The van der Waals surface area contributed by atoms with Crippen molar-refractivity contribution in [2.75, 3.05) is 20.6 Å². The molecule has 0 aliphatic heterocycles. The Labute approximate surface area is 105 Å². The fourth-order valence-electron chi connectivity index (χ4n) is 1.49. The Morgan fingerprint density at radius 1 is 1.53 bits per heavy atom. The standard InChI is InChI=1S/C11H19BrN2S/c1-8(7-14(3)4)13-6-10-5-11(12)9(2)15-10/h5,8,13H,6-7H2,1-4H3. The zero-order valence-electron chi connectivity index (χ0n) is 9.80. The van der Waals surface area contributed by atoms with Crippen LogP contribution in [0, 0.1) is 6.92 Å². The van der Waals surface area contributed by atoms with Crippen molar-refractivity contribution in [3.8, 4) is 0 Å². The summed E-state index contributed by atoms with van der Waals surface area (Å²) in [6, 6.07) is 2.73. The fraction of sp³-hybridized carbons (Fsp3) is 0.636. The third-order valence-electron chi connectivity index (χ3n) is 2.17. The van der Waals surface area contributed by atoms with E-state index in [-0.39, 0.29) is 0 Å². The van der Waals surface area contributed by atoms with Crippen LogP contribution in [0.4, 0.5) is 0 Å². The predicted octanol–water partition coefficient (Wildman–Crippen LogP) is 2.86. The van der Waals surface area contributed by atoms with Gasteiger partial charge in [0.05, 0.1) is 0 Å². The van der Waals surface area contributed by atoms with Crippen molar-refractivity contribution in [2.24, 2.45) is 0 Å². The molecule has 1 aromatic heterocycles. The van der Waals surface area contributed by atoms with Gasteiger partial charge in [0.15, 0.2) is 0 Å². The van der Waals surface area contributed by atoms with E-state index in [1.165, 1.54) is 14.2 Å². The Kier molecular flexibility index (Phi) is 5.26. The lowest BCUT2D eigenvalue weighted by Crippen LogP contribution is -2.35. The highest BCUT2D eigenvalue weighted by Gasteiger charge is 2.05. The summed E-state index contributed by atoms with van der Waals surface area (Å²) < 4.78 is 1.23. The molecule has 4 heteroatoms. The average molecular weight is 291 g/mol. The molecule has 0 aliphatic carbocycles. The molecule has 0 spiro atoms. The number of aryl methyl sites for hydroxylation is 1. The molecule has 0 bridgehead atoms. The van der Waals surface area contributed by atoms with E-state index in [0.717, 1.165) is 13.1 Å². The van der Waals surface area contributed by atoms with Gasteiger partial charge in [0.2, 0.25) is 0 Å². The summed E-state index contributed by atoms with van der Waals surface area (Å²) in [5, 5.41) is 3.52. The van der Waals surface area contributed by atoms with Crippen LogP contribution in [0.3, 0.4) is 0 Å². The number of nitrogens with zero attached hydrogens (tertiary/aromatic N) is 1. The second-order valence-corrected chi connectivity index (χ2v) is 6.36. The monoisotopic (exact) mass is 290 g/mol. The van der Waals surface area contributed by atoms with Crippen molar-refractivity contribution < 1.29 is 0 Å². The maximum Gasteiger partial charge on any atom is 0.0314 e. The highest BCUT2D eigenvalue weighted by atomic mass is 79.9. The van der Waals surface area contributed by atoms with Crippen LogP contribution in [0.5, 0.6) is 0 Å². The molecule has 1 N–H and O–H groups in total. The summed E-state index contributed by atoms with van der Waals surface area (Å²) >= 11 is 5.39. The highest BCUT2D eigenvalue weighted by molar-refractivity contribution is 9.10. The Morgan fingerprint density at radius 2 is 2.20 bits per heavy atom. The first-order chi connectivity index (χ1) is 6.99. The molecule has 1 atom stereocenters. The lowest BCUT2D eigenvalue weighted by molar-refractivity contribution is 0.349. The van der Waals surface area contributed by atoms with Gasteiger partial charge < -0.3 is 10.2 Å². The maximum absolute atomic E-state index is 3.54. The lowest BCUT2D eigenvalue weighted by Gasteiger charge is -2.17. The lowest BCUT2D eigenvalue weighted by atomic mass is 10.3. The van der Waals surface area contributed by atoms with Gasteiger partial charge in [0, 0.05) is 33.4 Å². The molecule has 0 radical (unpaired) electrons. The van der Waals surface area contributed by atoms with Crippen molar-refractivity contribution in [3.05, 3.63) is 20.3 Å². The summed E-state index contributed by atoms with van der Waals surface area (Å²) in [6.45, 7) is 6.40. The summed E-state index contributed by atoms with van der Waals surface area (Å²) in [5.74, 6) is 0. The smallest absolute Gasteiger partial charge is 0.0314 e. The zero-order valence-corrected chi connectivity index (χ0v) is 12.2. The Balaban J connectivity index is 2.36. The first-order valence-electron chi connectivity index (χ1n) is 5.12. The topological polar surface area (TPSA) is 15.3 Å². The van der Waals surface area contributed by atoms with Crippen LogP contribution in [0.1, 0.15) is 16.7 Å². The number of hydrogen-bond acceptors (Lipinski definition) is 3. The molecule has 2 nitrogen and oxygen atoms in total. The normalized spacial score (nSPS) is 13.5. The minimum absolute atomic E-state index is 0.529. The predicted molar refractivity (Wildman–Crippen MR) is 71.6 cm³/mol. The molecule has 0 fully saturated rings. The van der Waals surface area contributed by atoms with Crippen LogP contribution in [-0.2, 0) is 6.54 Å². The van der Waals surface area contributed by atoms with Gasteiger partial charge in [0.1, 0.15) is 0 Å². The van der Waals surface area contributed by atoms with Gasteiger partial charge in [-0.05, 0) is 49.9 Å². The molecule has 0 amide bonds. The van der Waals surface area contributed by atoms with E-state index in [4.69, 9.17) is 0 Å². The van der Waals surface area contributed by atoms with Gasteiger partial charge >= 0.3 is 0 Å². The third kappa shape index (κ3) is 4.64. The molecule has 1 aromatic rings. The van der Waals surface area contributed by atoms with E-state index in [2.05, 4.69) is 60.2 Å². The summed E-state index contributed by atoms with van der Waals surface area (Å²) in [5.41, 5.74) is 0. The van der Waals surface area contributed by atoms with Crippen LogP contribution in [0.25, 0.3) is 0 Å². The van der Waals surface area contributed by atoms with Crippen molar-refractivity contribution >= 4 is 27.3 Å². The van der Waals surface area contributed by atoms with Gasteiger partial charge in [0.25, 0.3) is 0 Å². The maximum atomic E-state index is 3.54. The molecule has 0 saturated carbocycles. The second-order valence-electron chi connectivity index (χ2n) is 4.16. The molecule has 86 valence electrons. The van der Waals surface area contributed by atoms with Crippen molar-refractivity contribution in [1.82, 2.24) is 10.2 Å². The van der Waals surface area contributed by atoms with Crippen LogP contribution in [0.15, 0.2) is 10.5 Å². The first kappa shape index (κ1) is 13.2. The number of hydrogen-bond donors (Lipinski definition) is 1. The molecule has 15 heavy (non-hydrogen) atoms. The molecule has 1 heterocycles. The number of halogens is 1. The molecular weight excluding hydrogens is 272 g/mol. The summed E-state index contributed by atoms with van der Waals surface area (Å²) in [7, 11) is 4.20. The van der Waals surface area contributed by atoms with Gasteiger partial charge in [-0.25, -0.2) is 0 Å². The molecule has 1 rings (SSSR count). The molecule has 1 unspecified atom stereocenters. The minimum Gasteiger partial charge on any atom is -0.308 e. The number of thiophene rings is 1. The van der Waals surface area contributed by atoms with Crippen molar-refractivity contribution in [3.63, 3.8) is 0 Å². The van der Waals surface area contributed by atoms with E-state index in [1.807, 2.05) is 11.3 Å². The minimum atomic E-state index is 0.529. The quantitative estimate of drug-likeness (QED) is 0.897. The number of rotatable bonds is 5. The van der Waals surface area contributed by atoms with E-state index >= 15 is 0 Å². The Hall–Kier alpha value is 0.100. The SMILES string of the molecule is Cc1sc(CNC(C)CN(C)C)cc1Br. The van der Waals surface area contributed by atoms with Gasteiger partial charge in [-0.2, -0.15) is 0 Å². The third-order valence-corrected chi connectivity index (χ3v) is 4.31. The molecule has 0 aliphatic rings. The fourth-order valence-corrected chi connectivity index (χ4v) is 3.04. The highest BCUT2D eigenvalue weighted by Crippen LogP contribution is 2.26. The van der Waals surface area contributed by atoms with Crippen LogP contribution >= 0.6 is 27.3 Å². The Morgan fingerprint density at radius 3 is 2.67 bits per heavy atom. The van der Waals surface area contributed by atoms with E-state index < -0.39 is 0 Å². The van der Waals surface area contributed by atoms with E-state index in [9.17, 15) is 0 Å². The van der Waals surface area contributed by atoms with Crippen LogP contribution < -0.4 is 5.32 Å². The van der Waals surface area contributed by atoms with Crippen LogP contribution in [0.2, 0.25) is 0 Å². The van der Waals surface area contributed by atoms with Gasteiger partial charge in [-0.1, -0.05) is 0 Å². The van der Waals surface area contributed by atoms with Crippen LogP contribution in [-0.4, -0.2) is 31.6 Å². The van der Waals surface area contributed by atoms with Gasteiger partial charge in [-0.3, -0.25) is 0 Å². The second kappa shape index (κ2) is 5.99. The molecule has 0 aromatic carbocycles. The number of likely N-dealkylation sites (N-methyl/N-ethyl adjacent to an activating group) is 1. The average Bonchev–Trinajstić information content (AvgIpc) is 2.42. The summed E-state index contributed by atoms with van der Waals surface area (Å²) in [4.78, 5) is 4.95. The number of nitrogens with one attached hydrogen (secondary N) is 1. The van der Waals surface area contributed by atoms with Crippen molar-refractivity contribution in [1.29, 1.82) is 0 Å².